The molecule has 1 aromatic rings. The van der Waals surface area contributed by atoms with Gasteiger partial charge in [0.15, 0.2) is 11.5 Å². The van der Waals surface area contributed by atoms with E-state index in [1.54, 1.807) is 23.1 Å². The molecule has 0 aromatic heterocycles. The zero-order valence-electron chi connectivity index (χ0n) is 20.9. The molecule has 3 unspecified atom stereocenters. The standard InChI is InChI=1S/C26H37IN2O7/c1-16(32)29(19-7-5-3-4-6-8-19)21-13-18(26(34)28-9-10-30)14-22(24(21)33)36-25-20(27)11-17(15-31)12-23(25)35-2/h11-12,14,19,21-22,24,30-31,33H,3-10,13,15H2,1-2H3,(H,28,34). The fourth-order valence-corrected chi connectivity index (χ4v) is 5.95. The van der Waals surface area contributed by atoms with Gasteiger partial charge in [0.05, 0.1) is 29.9 Å². The van der Waals surface area contributed by atoms with E-state index in [9.17, 15) is 19.8 Å². The SMILES string of the molecule is COc1cc(CO)cc(I)c1OC1C=C(C(=O)NCCO)CC(N(C(C)=O)C2CCCCCC2)C1O. The van der Waals surface area contributed by atoms with E-state index >= 15 is 0 Å². The third-order valence-corrected chi connectivity index (χ3v) is 7.68. The van der Waals surface area contributed by atoms with E-state index in [0.717, 1.165) is 38.5 Å². The first-order valence-corrected chi connectivity index (χ1v) is 13.6. The summed E-state index contributed by atoms with van der Waals surface area (Å²) >= 11 is 2.08. The number of halogens is 1. The molecule has 10 heteroatoms. The van der Waals surface area contributed by atoms with Gasteiger partial charge in [0, 0.05) is 31.5 Å². The molecule has 4 N–H and O–H groups in total. The average Bonchev–Trinajstić information content (AvgIpc) is 3.14. The number of rotatable bonds is 9. The Bertz CT molecular complexity index is 946. The van der Waals surface area contributed by atoms with E-state index in [0.29, 0.717) is 26.2 Å². The van der Waals surface area contributed by atoms with Gasteiger partial charge in [-0.2, -0.15) is 0 Å². The first-order valence-electron chi connectivity index (χ1n) is 12.5. The van der Waals surface area contributed by atoms with Gasteiger partial charge in [-0.05, 0) is 59.2 Å². The lowest BCUT2D eigenvalue weighted by Gasteiger charge is -2.43. The monoisotopic (exact) mass is 616 g/mol. The van der Waals surface area contributed by atoms with Crippen molar-refractivity contribution in [3.8, 4) is 11.5 Å². The number of nitrogens with zero attached hydrogens (tertiary/aromatic N) is 1. The molecule has 9 nitrogen and oxygen atoms in total. The molecule has 2 aliphatic rings. The minimum absolute atomic E-state index is 0.0105. The second kappa shape index (κ2) is 13.6. The van der Waals surface area contributed by atoms with Crippen molar-refractivity contribution in [3.63, 3.8) is 0 Å². The number of carbonyl (C=O) groups excluding carboxylic acids is 2. The summed E-state index contributed by atoms with van der Waals surface area (Å²) in [5.74, 6) is 0.278. The van der Waals surface area contributed by atoms with Crippen LogP contribution in [-0.4, -0.2) is 76.6 Å². The van der Waals surface area contributed by atoms with Crippen molar-refractivity contribution in [3.05, 3.63) is 32.9 Å². The molecular formula is C26H37IN2O7. The first kappa shape index (κ1) is 28.7. The number of ether oxygens (including phenoxy) is 2. The van der Waals surface area contributed by atoms with Gasteiger partial charge in [-0.1, -0.05) is 25.7 Å². The number of nitrogens with one attached hydrogen (secondary N) is 1. The Morgan fingerprint density at radius 1 is 1.17 bits per heavy atom. The van der Waals surface area contributed by atoms with Gasteiger partial charge in [-0.3, -0.25) is 9.59 Å². The molecule has 1 aromatic carbocycles. The first-order chi connectivity index (χ1) is 17.3. The van der Waals surface area contributed by atoms with E-state index in [-0.39, 0.29) is 44.0 Å². The minimum Gasteiger partial charge on any atom is -0.493 e. The van der Waals surface area contributed by atoms with Crippen LogP contribution < -0.4 is 14.8 Å². The molecule has 0 saturated heterocycles. The van der Waals surface area contributed by atoms with E-state index in [1.807, 2.05) is 0 Å². The Labute approximate surface area is 226 Å². The van der Waals surface area contributed by atoms with Crippen LogP contribution in [0.5, 0.6) is 11.5 Å². The largest absolute Gasteiger partial charge is 0.493 e. The summed E-state index contributed by atoms with van der Waals surface area (Å²) in [5, 5.41) is 32.9. The van der Waals surface area contributed by atoms with Crippen molar-refractivity contribution in [1.29, 1.82) is 0 Å². The lowest BCUT2D eigenvalue weighted by Crippen LogP contribution is -2.57. The third-order valence-electron chi connectivity index (χ3n) is 6.88. The summed E-state index contributed by atoms with van der Waals surface area (Å²) in [5.41, 5.74) is 1.05. The maximum atomic E-state index is 12.9. The molecule has 0 heterocycles. The van der Waals surface area contributed by atoms with Crippen molar-refractivity contribution in [2.75, 3.05) is 20.3 Å². The number of benzene rings is 1. The molecule has 2 aliphatic carbocycles. The highest BCUT2D eigenvalue weighted by atomic mass is 127. The van der Waals surface area contributed by atoms with E-state index in [2.05, 4.69) is 27.9 Å². The van der Waals surface area contributed by atoms with Gasteiger partial charge in [0.2, 0.25) is 11.8 Å². The van der Waals surface area contributed by atoms with Gasteiger partial charge >= 0.3 is 0 Å². The molecule has 0 aliphatic heterocycles. The second-order valence-corrected chi connectivity index (χ2v) is 10.5. The van der Waals surface area contributed by atoms with Gasteiger partial charge in [-0.15, -0.1) is 0 Å². The molecule has 3 atom stereocenters. The van der Waals surface area contributed by atoms with Crippen LogP contribution in [0.15, 0.2) is 23.8 Å². The van der Waals surface area contributed by atoms with Crippen LogP contribution in [0.25, 0.3) is 0 Å². The molecule has 1 fully saturated rings. The maximum Gasteiger partial charge on any atom is 0.247 e. The Hall–Kier alpha value is -1.89. The van der Waals surface area contributed by atoms with Gasteiger partial charge in [-0.25, -0.2) is 0 Å². The molecule has 0 spiro atoms. The fourth-order valence-electron chi connectivity index (χ4n) is 5.16. The minimum atomic E-state index is -1.08. The Kier molecular flexibility index (Phi) is 10.8. The van der Waals surface area contributed by atoms with Crippen molar-refractivity contribution in [2.24, 2.45) is 0 Å². The Morgan fingerprint density at radius 2 is 1.86 bits per heavy atom. The molecule has 2 amide bonds. The van der Waals surface area contributed by atoms with Crippen LogP contribution in [0.1, 0.15) is 57.4 Å². The lowest BCUT2D eigenvalue weighted by molar-refractivity contribution is -0.140. The van der Waals surface area contributed by atoms with Crippen LogP contribution in [0.4, 0.5) is 0 Å². The molecule has 0 radical (unpaired) electrons. The highest BCUT2D eigenvalue weighted by molar-refractivity contribution is 14.1. The Balaban J connectivity index is 1.99. The van der Waals surface area contributed by atoms with Crippen molar-refractivity contribution >= 4 is 34.4 Å². The van der Waals surface area contributed by atoms with Crippen molar-refractivity contribution in [2.45, 2.75) is 82.8 Å². The fraction of sp³-hybridized carbons (Fsp3) is 0.615. The summed E-state index contributed by atoms with van der Waals surface area (Å²) in [4.78, 5) is 27.6. The van der Waals surface area contributed by atoms with Crippen LogP contribution in [0.3, 0.4) is 0 Å². The number of amides is 2. The van der Waals surface area contributed by atoms with Crippen LogP contribution in [0, 0.1) is 3.57 Å². The molecule has 3 rings (SSSR count). The maximum absolute atomic E-state index is 12.9. The molecule has 200 valence electrons. The summed E-state index contributed by atoms with van der Waals surface area (Å²) < 4.78 is 12.4. The molecule has 0 bridgehead atoms. The van der Waals surface area contributed by atoms with E-state index in [1.165, 1.54) is 14.0 Å². The van der Waals surface area contributed by atoms with Crippen LogP contribution in [0.2, 0.25) is 0 Å². The summed E-state index contributed by atoms with van der Waals surface area (Å²) in [6.07, 6.45) is 5.78. The number of aliphatic hydroxyl groups excluding tert-OH is 3. The zero-order valence-corrected chi connectivity index (χ0v) is 23.1. The number of carbonyl (C=O) groups is 2. The molecular weight excluding hydrogens is 579 g/mol. The number of hydrogen-bond acceptors (Lipinski definition) is 7. The molecule has 36 heavy (non-hydrogen) atoms. The Morgan fingerprint density at radius 3 is 2.44 bits per heavy atom. The third kappa shape index (κ3) is 6.90. The van der Waals surface area contributed by atoms with Crippen molar-refractivity contribution < 1.29 is 34.4 Å². The smallest absolute Gasteiger partial charge is 0.247 e. The van der Waals surface area contributed by atoms with Crippen LogP contribution >= 0.6 is 22.6 Å². The molecule has 1 saturated carbocycles. The predicted octanol–water partition coefficient (Wildman–Crippen LogP) is 2.28. The van der Waals surface area contributed by atoms with Gasteiger partial charge < -0.3 is 35.0 Å². The van der Waals surface area contributed by atoms with Gasteiger partial charge in [0.25, 0.3) is 0 Å². The summed E-state index contributed by atoms with van der Waals surface area (Å²) in [6.45, 7) is 1.25. The quantitative estimate of drug-likeness (QED) is 0.248. The highest BCUT2D eigenvalue weighted by Crippen LogP contribution is 2.38. The highest BCUT2D eigenvalue weighted by Gasteiger charge is 2.42. The number of hydrogen-bond donors (Lipinski definition) is 4. The topological polar surface area (TPSA) is 129 Å². The summed E-state index contributed by atoms with van der Waals surface area (Å²) in [6, 6.07) is 2.77. The average molecular weight is 616 g/mol. The van der Waals surface area contributed by atoms with Gasteiger partial charge in [0.1, 0.15) is 12.2 Å². The van der Waals surface area contributed by atoms with E-state index in [4.69, 9.17) is 14.6 Å². The predicted molar refractivity (Wildman–Crippen MR) is 143 cm³/mol. The second-order valence-electron chi connectivity index (χ2n) is 9.35. The number of aliphatic hydroxyl groups is 3. The zero-order chi connectivity index (χ0) is 26.2. The van der Waals surface area contributed by atoms with Crippen molar-refractivity contribution in [1.82, 2.24) is 10.2 Å². The summed E-state index contributed by atoms with van der Waals surface area (Å²) in [7, 11) is 1.49. The van der Waals surface area contributed by atoms with E-state index < -0.39 is 18.2 Å². The normalized spacial score (nSPS) is 22.8. The lowest BCUT2D eigenvalue weighted by atomic mass is 9.86. The van der Waals surface area contributed by atoms with Crippen LogP contribution in [-0.2, 0) is 16.2 Å². The number of methoxy groups -OCH3 is 1.